The van der Waals surface area contributed by atoms with Crippen molar-refractivity contribution in [1.82, 2.24) is 10.6 Å². The fourth-order valence-corrected chi connectivity index (χ4v) is 4.07. The van der Waals surface area contributed by atoms with Crippen LogP contribution >= 0.6 is 11.6 Å². The first-order valence-electron chi connectivity index (χ1n) is 9.57. The quantitative estimate of drug-likeness (QED) is 0.847. The van der Waals surface area contributed by atoms with Crippen LogP contribution in [0.1, 0.15) is 23.6 Å². The fraction of sp³-hybridized carbons (Fsp3) is 0.381. The van der Waals surface area contributed by atoms with Crippen molar-refractivity contribution < 1.29 is 4.79 Å². The van der Waals surface area contributed by atoms with Gasteiger partial charge in [-0.15, -0.1) is 0 Å². The van der Waals surface area contributed by atoms with Gasteiger partial charge in [0.1, 0.15) is 0 Å². The Morgan fingerprint density at radius 3 is 2.59 bits per heavy atom. The van der Waals surface area contributed by atoms with Crippen LogP contribution in [0.3, 0.4) is 0 Å². The number of hydrogen-bond acceptors (Lipinski definition) is 3. The maximum Gasteiger partial charge on any atom is 0.322 e. The molecule has 0 bridgehead atoms. The lowest BCUT2D eigenvalue weighted by molar-refractivity contribution is 0.244. The number of benzene rings is 2. The van der Waals surface area contributed by atoms with E-state index in [9.17, 15) is 4.79 Å². The number of halogens is 1. The third-order valence-corrected chi connectivity index (χ3v) is 5.55. The Morgan fingerprint density at radius 2 is 1.85 bits per heavy atom. The molecular formula is C21H25ClN4O. The van der Waals surface area contributed by atoms with E-state index >= 15 is 0 Å². The van der Waals surface area contributed by atoms with E-state index in [-0.39, 0.29) is 6.03 Å². The van der Waals surface area contributed by atoms with Crippen LogP contribution in [0.5, 0.6) is 0 Å². The van der Waals surface area contributed by atoms with Crippen molar-refractivity contribution in [2.75, 3.05) is 36.0 Å². The highest BCUT2D eigenvalue weighted by Crippen LogP contribution is 2.36. The molecule has 0 saturated carbocycles. The van der Waals surface area contributed by atoms with Gasteiger partial charge in [-0.25, -0.2) is 4.79 Å². The number of aryl methyl sites for hydroxylation is 1. The Hall–Kier alpha value is -2.24. The highest BCUT2D eigenvalue weighted by atomic mass is 35.5. The number of urea groups is 1. The minimum absolute atomic E-state index is 0.0537. The minimum atomic E-state index is -0.0537. The van der Waals surface area contributed by atoms with Gasteiger partial charge in [0.2, 0.25) is 0 Å². The second-order valence-corrected chi connectivity index (χ2v) is 7.51. The summed E-state index contributed by atoms with van der Waals surface area (Å²) in [5, 5.41) is 7.15. The maximum atomic E-state index is 12.7. The molecule has 2 aliphatic rings. The van der Waals surface area contributed by atoms with Crippen molar-refractivity contribution in [2.45, 2.75) is 26.4 Å². The lowest BCUT2D eigenvalue weighted by Crippen LogP contribution is -2.47. The van der Waals surface area contributed by atoms with Crippen molar-refractivity contribution in [1.29, 1.82) is 0 Å². The lowest BCUT2D eigenvalue weighted by Gasteiger charge is -2.37. The molecule has 2 aromatic rings. The highest BCUT2D eigenvalue weighted by molar-refractivity contribution is 6.30. The van der Waals surface area contributed by atoms with Gasteiger partial charge in [0.15, 0.2) is 0 Å². The van der Waals surface area contributed by atoms with Gasteiger partial charge >= 0.3 is 6.03 Å². The lowest BCUT2D eigenvalue weighted by atomic mass is 10.00. The molecule has 2 amide bonds. The predicted molar refractivity (Wildman–Crippen MR) is 111 cm³/mol. The molecule has 0 spiro atoms. The Labute approximate surface area is 165 Å². The van der Waals surface area contributed by atoms with E-state index in [0.717, 1.165) is 43.9 Å². The molecule has 1 fully saturated rings. The first kappa shape index (κ1) is 18.1. The van der Waals surface area contributed by atoms with Crippen LogP contribution < -0.4 is 20.4 Å². The molecule has 2 aromatic carbocycles. The topological polar surface area (TPSA) is 47.6 Å². The van der Waals surface area contributed by atoms with Gasteiger partial charge in [-0.1, -0.05) is 30.7 Å². The molecule has 0 aliphatic carbocycles. The van der Waals surface area contributed by atoms with Crippen molar-refractivity contribution in [3.05, 3.63) is 58.1 Å². The summed E-state index contributed by atoms with van der Waals surface area (Å²) in [5.74, 6) is 0. The van der Waals surface area contributed by atoms with Gasteiger partial charge in [0.05, 0.1) is 12.2 Å². The molecule has 5 nitrogen and oxygen atoms in total. The van der Waals surface area contributed by atoms with E-state index in [0.29, 0.717) is 18.1 Å². The van der Waals surface area contributed by atoms with Crippen LogP contribution in [0.25, 0.3) is 0 Å². The molecule has 2 heterocycles. The molecule has 0 radical (unpaired) electrons. The number of hydrogen-bond donors (Lipinski definition) is 2. The van der Waals surface area contributed by atoms with E-state index in [1.807, 2.05) is 29.2 Å². The first-order valence-corrected chi connectivity index (χ1v) is 9.95. The number of piperazine rings is 1. The SMILES string of the molecule is CCc1cc(N2CCNCC2)c2c(c1)N(Cc1cccc(Cl)c1)C(=O)NC2. The summed E-state index contributed by atoms with van der Waals surface area (Å²) in [6.45, 7) is 7.20. The molecular weight excluding hydrogens is 360 g/mol. The number of amides is 2. The monoisotopic (exact) mass is 384 g/mol. The number of fused-ring (bicyclic) bond motifs is 1. The average Bonchev–Trinajstić information content (AvgIpc) is 2.70. The van der Waals surface area contributed by atoms with E-state index in [4.69, 9.17) is 11.6 Å². The van der Waals surface area contributed by atoms with Crippen LogP contribution in [0.15, 0.2) is 36.4 Å². The van der Waals surface area contributed by atoms with Gasteiger partial charge in [0, 0.05) is 49.0 Å². The van der Waals surface area contributed by atoms with Crippen molar-refractivity contribution in [2.24, 2.45) is 0 Å². The number of nitrogens with zero attached hydrogens (tertiary/aromatic N) is 2. The summed E-state index contributed by atoms with van der Waals surface area (Å²) in [5.41, 5.74) is 5.76. The number of anilines is 2. The zero-order valence-corrected chi connectivity index (χ0v) is 16.4. The summed E-state index contributed by atoms with van der Waals surface area (Å²) in [4.78, 5) is 17.0. The predicted octanol–water partition coefficient (Wildman–Crippen LogP) is 3.54. The molecule has 0 atom stereocenters. The fourth-order valence-electron chi connectivity index (χ4n) is 3.86. The van der Waals surface area contributed by atoms with E-state index in [1.54, 1.807) is 0 Å². The van der Waals surface area contributed by atoms with Crippen LogP contribution in [-0.4, -0.2) is 32.2 Å². The standard InChI is InChI=1S/C21H25ClN4O/c1-2-15-11-19(25-8-6-23-7-9-25)18-13-24-21(27)26(20(18)12-15)14-16-4-3-5-17(22)10-16/h3-5,10-12,23H,2,6-9,13-14H2,1H3,(H,24,27). The summed E-state index contributed by atoms with van der Waals surface area (Å²) in [6.07, 6.45) is 0.943. The van der Waals surface area contributed by atoms with Crippen molar-refractivity contribution in [3.63, 3.8) is 0 Å². The number of carbonyl (C=O) groups excluding carboxylic acids is 1. The molecule has 4 rings (SSSR count). The molecule has 2 N–H and O–H groups in total. The van der Waals surface area contributed by atoms with Gasteiger partial charge in [-0.2, -0.15) is 0 Å². The Balaban J connectivity index is 1.75. The number of carbonyl (C=O) groups is 1. The number of nitrogens with one attached hydrogen (secondary N) is 2. The van der Waals surface area contributed by atoms with Crippen LogP contribution in [-0.2, 0) is 19.5 Å². The Morgan fingerprint density at radius 1 is 1.07 bits per heavy atom. The van der Waals surface area contributed by atoms with Crippen LogP contribution in [0.4, 0.5) is 16.2 Å². The van der Waals surface area contributed by atoms with Gasteiger partial charge in [0.25, 0.3) is 0 Å². The molecule has 0 unspecified atom stereocenters. The molecule has 142 valence electrons. The zero-order valence-electron chi connectivity index (χ0n) is 15.6. The maximum absolute atomic E-state index is 12.7. The van der Waals surface area contributed by atoms with Crippen molar-refractivity contribution in [3.8, 4) is 0 Å². The van der Waals surface area contributed by atoms with E-state index < -0.39 is 0 Å². The van der Waals surface area contributed by atoms with Gasteiger partial charge in [-0.3, -0.25) is 4.90 Å². The van der Waals surface area contributed by atoms with Crippen LogP contribution in [0, 0.1) is 0 Å². The van der Waals surface area contributed by atoms with Gasteiger partial charge < -0.3 is 15.5 Å². The third kappa shape index (κ3) is 3.75. The van der Waals surface area contributed by atoms with Crippen LogP contribution in [0.2, 0.25) is 5.02 Å². The smallest absolute Gasteiger partial charge is 0.322 e. The summed E-state index contributed by atoms with van der Waals surface area (Å²) in [6, 6.07) is 12.1. The highest BCUT2D eigenvalue weighted by Gasteiger charge is 2.28. The second kappa shape index (κ2) is 7.79. The van der Waals surface area contributed by atoms with E-state index in [2.05, 4.69) is 34.6 Å². The van der Waals surface area contributed by atoms with Crippen molar-refractivity contribution >= 4 is 29.0 Å². The van der Waals surface area contributed by atoms with E-state index in [1.165, 1.54) is 16.8 Å². The average molecular weight is 385 g/mol. The second-order valence-electron chi connectivity index (χ2n) is 7.08. The molecule has 6 heteroatoms. The molecule has 27 heavy (non-hydrogen) atoms. The summed E-state index contributed by atoms with van der Waals surface area (Å²) < 4.78 is 0. The first-order chi connectivity index (χ1) is 13.2. The normalized spacial score (nSPS) is 16.9. The molecule has 2 aliphatic heterocycles. The summed E-state index contributed by atoms with van der Waals surface area (Å²) in [7, 11) is 0. The number of rotatable bonds is 4. The Kier molecular flexibility index (Phi) is 5.23. The third-order valence-electron chi connectivity index (χ3n) is 5.31. The largest absolute Gasteiger partial charge is 0.369 e. The molecule has 1 saturated heterocycles. The minimum Gasteiger partial charge on any atom is -0.369 e. The summed E-state index contributed by atoms with van der Waals surface area (Å²) >= 11 is 6.14. The Bertz CT molecular complexity index is 848. The molecule has 0 aromatic heterocycles. The van der Waals surface area contributed by atoms with Gasteiger partial charge in [-0.05, 0) is 41.8 Å². The zero-order chi connectivity index (χ0) is 18.8.